The fraction of sp³-hybridized carbons (Fsp3) is 0.538. The Morgan fingerprint density at radius 2 is 2.00 bits per heavy atom. The molecule has 0 heterocycles. The molecule has 0 saturated carbocycles. The van der Waals surface area contributed by atoms with Gasteiger partial charge in [0.1, 0.15) is 0 Å². The van der Waals surface area contributed by atoms with Crippen LogP contribution < -0.4 is 5.73 Å². The van der Waals surface area contributed by atoms with Crippen LogP contribution in [0.5, 0.6) is 0 Å². The second-order valence-corrected chi connectivity index (χ2v) is 4.36. The number of benzene rings is 1. The predicted octanol–water partition coefficient (Wildman–Crippen LogP) is 2.31. The molecule has 0 aliphatic heterocycles. The van der Waals surface area contributed by atoms with Gasteiger partial charge in [-0.3, -0.25) is 4.90 Å². The molecule has 1 aromatic rings. The zero-order chi connectivity index (χ0) is 12.7. The zero-order valence-electron chi connectivity index (χ0n) is 10.5. The summed E-state index contributed by atoms with van der Waals surface area (Å²) in [6.45, 7) is 5.29. The molecular formula is C13H21ClN2O. The maximum absolute atomic E-state index is 5.89. The predicted molar refractivity (Wildman–Crippen MR) is 72.4 cm³/mol. The van der Waals surface area contributed by atoms with Gasteiger partial charge in [0.05, 0.1) is 6.61 Å². The summed E-state index contributed by atoms with van der Waals surface area (Å²) in [5.41, 5.74) is 7.08. The van der Waals surface area contributed by atoms with E-state index in [2.05, 4.69) is 11.8 Å². The van der Waals surface area contributed by atoms with Crippen LogP contribution in [0.1, 0.15) is 18.5 Å². The summed E-state index contributed by atoms with van der Waals surface area (Å²) >= 11 is 5.89. The van der Waals surface area contributed by atoms with E-state index in [4.69, 9.17) is 22.1 Å². The average molecular weight is 257 g/mol. The fourth-order valence-corrected chi connectivity index (χ4v) is 2.05. The van der Waals surface area contributed by atoms with Gasteiger partial charge in [0.15, 0.2) is 0 Å². The van der Waals surface area contributed by atoms with E-state index < -0.39 is 0 Å². The van der Waals surface area contributed by atoms with Gasteiger partial charge in [-0.25, -0.2) is 0 Å². The number of rotatable bonds is 7. The third-order valence-electron chi connectivity index (χ3n) is 2.91. The van der Waals surface area contributed by atoms with Crippen molar-refractivity contribution in [2.75, 3.05) is 33.4 Å². The van der Waals surface area contributed by atoms with E-state index in [0.29, 0.717) is 6.54 Å². The Labute approximate surface area is 109 Å². The number of likely N-dealkylation sites (N-methyl/N-ethyl adjacent to an activating group) is 1. The van der Waals surface area contributed by atoms with E-state index in [9.17, 15) is 0 Å². The normalized spacial score (nSPS) is 13.0. The summed E-state index contributed by atoms with van der Waals surface area (Å²) in [5.74, 6) is 0. The number of methoxy groups -OCH3 is 1. The largest absolute Gasteiger partial charge is 0.383 e. The van der Waals surface area contributed by atoms with Crippen molar-refractivity contribution in [1.82, 2.24) is 4.90 Å². The second kappa shape index (κ2) is 7.67. The molecule has 0 amide bonds. The molecule has 1 atom stereocenters. The number of nitrogens with zero attached hydrogens (tertiary/aromatic N) is 1. The van der Waals surface area contributed by atoms with E-state index in [1.807, 2.05) is 24.3 Å². The molecule has 0 aliphatic carbocycles. The van der Waals surface area contributed by atoms with Gasteiger partial charge in [-0.05, 0) is 24.2 Å². The van der Waals surface area contributed by atoms with Gasteiger partial charge in [0, 0.05) is 31.3 Å². The lowest BCUT2D eigenvalue weighted by atomic mass is 10.1. The maximum atomic E-state index is 5.89. The first-order valence-electron chi connectivity index (χ1n) is 5.91. The lowest BCUT2D eigenvalue weighted by Gasteiger charge is -2.30. The Hall–Kier alpha value is -0.610. The van der Waals surface area contributed by atoms with Crippen LogP contribution in [0.4, 0.5) is 0 Å². The van der Waals surface area contributed by atoms with Crippen LogP contribution in [-0.4, -0.2) is 38.3 Å². The zero-order valence-corrected chi connectivity index (χ0v) is 11.3. The molecule has 4 heteroatoms. The summed E-state index contributed by atoms with van der Waals surface area (Å²) in [5, 5.41) is 0.754. The molecule has 1 aromatic carbocycles. The first-order valence-corrected chi connectivity index (χ1v) is 6.29. The Balaban J connectivity index is 2.77. The van der Waals surface area contributed by atoms with Gasteiger partial charge in [0.2, 0.25) is 0 Å². The van der Waals surface area contributed by atoms with Crippen LogP contribution in [0.2, 0.25) is 5.02 Å². The third kappa shape index (κ3) is 4.28. The molecule has 0 aliphatic rings. The highest BCUT2D eigenvalue weighted by Gasteiger charge is 2.17. The Bertz CT molecular complexity index is 316. The van der Waals surface area contributed by atoms with Crippen molar-refractivity contribution in [1.29, 1.82) is 0 Å². The van der Waals surface area contributed by atoms with Gasteiger partial charge in [-0.1, -0.05) is 30.7 Å². The first kappa shape index (κ1) is 14.5. The van der Waals surface area contributed by atoms with E-state index in [-0.39, 0.29) is 6.04 Å². The minimum atomic E-state index is 0.229. The van der Waals surface area contributed by atoms with Crippen LogP contribution in [-0.2, 0) is 4.74 Å². The fourth-order valence-electron chi connectivity index (χ4n) is 1.92. The van der Waals surface area contributed by atoms with Gasteiger partial charge in [0.25, 0.3) is 0 Å². The number of hydrogen-bond donors (Lipinski definition) is 1. The highest BCUT2D eigenvalue weighted by molar-refractivity contribution is 6.30. The summed E-state index contributed by atoms with van der Waals surface area (Å²) in [6.07, 6.45) is 0. The minimum absolute atomic E-state index is 0.229. The van der Waals surface area contributed by atoms with Crippen molar-refractivity contribution in [3.8, 4) is 0 Å². The molecule has 0 saturated heterocycles. The van der Waals surface area contributed by atoms with Crippen molar-refractivity contribution in [3.63, 3.8) is 0 Å². The van der Waals surface area contributed by atoms with Crippen molar-refractivity contribution in [2.45, 2.75) is 13.0 Å². The highest BCUT2D eigenvalue weighted by Crippen LogP contribution is 2.21. The van der Waals surface area contributed by atoms with Gasteiger partial charge in [-0.15, -0.1) is 0 Å². The molecule has 0 fully saturated rings. The van der Waals surface area contributed by atoms with Crippen molar-refractivity contribution >= 4 is 11.6 Å². The Morgan fingerprint density at radius 1 is 1.35 bits per heavy atom. The molecule has 0 radical (unpaired) electrons. The van der Waals surface area contributed by atoms with E-state index in [1.165, 1.54) is 5.56 Å². The Kier molecular flexibility index (Phi) is 6.52. The lowest BCUT2D eigenvalue weighted by molar-refractivity contribution is 0.125. The van der Waals surface area contributed by atoms with Gasteiger partial charge < -0.3 is 10.5 Å². The summed E-state index contributed by atoms with van der Waals surface area (Å²) in [4.78, 5) is 2.31. The van der Waals surface area contributed by atoms with Crippen LogP contribution in [0, 0.1) is 0 Å². The third-order valence-corrected chi connectivity index (χ3v) is 3.16. The molecule has 0 aromatic heterocycles. The van der Waals surface area contributed by atoms with Crippen LogP contribution >= 0.6 is 11.6 Å². The average Bonchev–Trinajstić information content (AvgIpc) is 2.36. The molecule has 0 bridgehead atoms. The standard InChI is InChI=1S/C13H21ClN2O/c1-3-16(8-9-17-2)13(10-15)11-4-6-12(14)7-5-11/h4-7,13H,3,8-10,15H2,1-2H3. The number of nitrogens with two attached hydrogens (primary N) is 1. The minimum Gasteiger partial charge on any atom is -0.383 e. The molecule has 3 nitrogen and oxygen atoms in total. The lowest BCUT2D eigenvalue weighted by Crippen LogP contribution is -2.35. The number of halogens is 1. The van der Waals surface area contributed by atoms with Crippen molar-refractivity contribution in [3.05, 3.63) is 34.9 Å². The van der Waals surface area contributed by atoms with E-state index >= 15 is 0 Å². The van der Waals surface area contributed by atoms with Crippen LogP contribution in [0.25, 0.3) is 0 Å². The quantitative estimate of drug-likeness (QED) is 0.814. The second-order valence-electron chi connectivity index (χ2n) is 3.92. The van der Waals surface area contributed by atoms with E-state index in [0.717, 1.165) is 24.7 Å². The van der Waals surface area contributed by atoms with Gasteiger partial charge in [-0.2, -0.15) is 0 Å². The van der Waals surface area contributed by atoms with Crippen LogP contribution in [0.15, 0.2) is 24.3 Å². The molecule has 1 rings (SSSR count). The molecule has 2 N–H and O–H groups in total. The summed E-state index contributed by atoms with van der Waals surface area (Å²) in [7, 11) is 1.72. The molecule has 0 spiro atoms. The molecular weight excluding hydrogens is 236 g/mol. The number of ether oxygens (including phenoxy) is 1. The smallest absolute Gasteiger partial charge is 0.0589 e. The maximum Gasteiger partial charge on any atom is 0.0589 e. The van der Waals surface area contributed by atoms with E-state index in [1.54, 1.807) is 7.11 Å². The molecule has 96 valence electrons. The molecule has 1 unspecified atom stereocenters. The van der Waals surface area contributed by atoms with Gasteiger partial charge >= 0.3 is 0 Å². The summed E-state index contributed by atoms with van der Waals surface area (Å²) in [6, 6.07) is 8.12. The SMILES string of the molecule is CCN(CCOC)C(CN)c1ccc(Cl)cc1. The monoisotopic (exact) mass is 256 g/mol. The first-order chi connectivity index (χ1) is 8.22. The number of hydrogen-bond acceptors (Lipinski definition) is 3. The highest BCUT2D eigenvalue weighted by atomic mass is 35.5. The summed E-state index contributed by atoms with van der Waals surface area (Å²) < 4.78 is 5.12. The van der Waals surface area contributed by atoms with Crippen LogP contribution in [0.3, 0.4) is 0 Å². The Morgan fingerprint density at radius 3 is 2.47 bits per heavy atom. The topological polar surface area (TPSA) is 38.5 Å². The van der Waals surface area contributed by atoms with Crippen molar-refractivity contribution < 1.29 is 4.74 Å². The van der Waals surface area contributed by atoms with Crippen molar-refractivity contribution in [2.24, 2.45) is 5.73 Å². The molecule has 17 heavy (non-hydrogen) atoms.